The SMILES string of the molecule is CCCn1c(CCN)nc2cnccc21. The van der Waals surface area contributed by atoms with Crippen molar-refractivity contribution in [3.8, 4) is 0 Å². The zero-order valence-corrected chi connectivity index (χ0v) is 8.98. The van der Waals surface area contributed by atoms with Gasteiger partial charge in [-0.2, -0.15) is 0 Å². The van der Waals surface area contributed by atoms with Gasteiger partial charge in [0.05, 0.1) is 11.7 Å². The number of nitrogens with two attached hydrogens (primary N) is 1. The Morgan fingerprint density at radius 2 is 2.33 bits per heavy atom. The lowest BCUT2D eigenvalue weighted by Crippen LogP contribution is -2.10. The Hall–Kier alpha value is -1.42. The van der Waals surface area contributed by atoms with Crippen LogP contribution in [0.15, 0.2) is 18.5 Å². The Bertz CT molecular complexity index is 447. The number of imidazole rings is 1. The van der Waals surface area contributed by atoms with E-state index in [1.807, 2.05) is 18.5 Å². The first-order chi connectivity index (χ1) is 7.36. The predicted molar refractivity (Wildman–Crippen MR) is 60.6 cm³/mol. The first-order valence-corrected chi connectivity index (χ1v) is 5.36. The number of nitrogens with zero attached hydrogens (tertiary/aromatic N) is 3. The number of hydrogen-bond acceptors (Lipinski definition) is 3. The molecular formula is C11H16N4. The lowest BCUT2D eigenvalue weighted by molar-refractivity contribution is 0.652. The lowest BCUT2D eigenvalue weighted by atomic mass is 10.3. The van der Waals surface area contributed by atoms with Crippen molar-refractivity contribution in [3.63, 3.8) is 0 Å². The van der Waals surface area contributed by atoms with E-state index in [1.54, 1.807) is 0 Å². The van der Waals surface area contributed by atoms with Crippen molar-refractivity contribution in [1.82, 2.24) is 14.5 Å². The molecule has 0 unspecified atom stereocenters. The van der Waals surface area contributed by atoms with Gasteiger partial charge in [0.25, 0.3) is 0 Å². The van der Waals surface area contributed by atoms with E-state index < -0.39 is 0 Å². The maximum Gasteiger partial charge on any atom is 0.111 e. The smallest absolute Gasteiger partial charge is 0.111 e. The van der Waals surface area contributed by atoms with Gasteiger partial charge in [-0.15, -0.1) is 0 Å². The van der Waals surface area contributed by atoms with Crippen LogP contribution in [0.25, 0.3) is 11.0 Å². The van der Waals surface area contributed by atoms with Crippen LogP contribution in [0.4, 0.5) is 0 Å². The van der Waals surface area contributed by atoms with E-state index in [9.17, 15) is 0 Å². The number of rotatable bonds is 4. The maximum atomic E-state index is 5.58. The van der Waals surface area contributed by atoms with Crippen LogP contribution in [0.3, 0.4) is 0 Å². The van der Waals surface area contributed by atoms with Gasteiger partial charge >= 0.3 is 0 Å². The van der Waals surface area contributed by atoms with Crippen LogP contribution in [0.2, 0.25) is 0 Å². The summed E-state index contributed by atoms with van der Waals surface area (Å²) in [5.41, 5.74) is 7.71. The Balaban J connectivity index is 2.53. The summed E-state index contributed by atoms with van der Waals surface area (Å²) >= 11 is 0. The summed E-state index contributed by atoms with van der Waals surface area (Å²) in [5, 5.41) is 0. The van der Waals surface area contributed by atoms with Crippen molar-refractivity contribution >= 4 is 11.0 Å². The van der Waals surface area contributed by atoms with Crippen molar-refractivity contribution in [2.45, 2.75) is 26.3 Å². The molecule has 0 aromatic carbocycles. The Morgan fingerprint density at radius 1 is 1.47 bits per heavy atom. The zero-order chi connectivity index (χ0) is 10.7. The molecule has 0 amide bonds. The molecule has 0 saturated heterocycles. The van der Waals surface area contributed by atoms with Gasteiger partial charge in [-0.1, -0.05) is 6.92 Å². The van der Waals surface area contributed by atoms with Crippen LogP contribution >= 0.6 is 0 Å². The summed E-state index contributed by atoms with van der Waals surface area (Å²) in [6.45, 7) is 3.80. The monoisotopic (exact) mass is 204 g/mol. The fourth-order valence-electron chi connectivity index (χ4n) is 1.82. The minimum Gasteiger partial charge on any atom is -0.330 e. The molecule has 0 spiro atoms. The van der Waals surface area contributed by atoms with Gasteiger partial charge in [0.2, 0.25) is 0 Å². The van der Waals surface area contributed by atoms with Crippen molar-refractivity contribution in [2.24, 2.45) is 5.73 Å². The molecule has 2 rings (SSSR count). The van der Waals surface area contributed by atoms with Crippen molar-refractivity contribution in [2.75, 3.05) is 6.54 Å². The van der Waals surface area contributed by atoms with Crippen LogP contribution in [-0.4, -0.2) is 21.1 Å². The van der Waals surface area contributed by atoms with Gasteiger partial charge in [0.15, 0.2) is 0 Å². The summed E-state index contributed by atoms with van der Waals surface area (Å²) in [7, 11) is 0. The molecule has 0 aliphatic carbocycles. The molecule has 2 aromatic heterocycles. The highest BCUT2D eigenvalue weighted by Gasteiger charge is 2.08. The first-order valence-electron chi connectivity index (χ1n) is 5.36. The summed E-state index contributed by atoms with van der Waals surface area (Å²) in [5.74, 6) is 1.07. The third-order valence-electron chi connectivity index (χ3n) is 2.44. The molecule has 2 heterocycles. The fraction of sp³-hybridized carbons (Fsp3) is 0.455. The van der Waals surface area contributed by atoms with Crippen LogP contribution in [0.5, 0.6) is 0 Å². The molecule has 4 nitrogen and oxygen atoms in total. The third kappa shape index (κ3) is 1.85. The number of pyridine rings is 1. The molecule has 0 bridgehead atoms. The first kappa shape index (κ1) is 10.1. The topological polar surface area (TPSA) is 56.7 Å². The minimum atomic E-state index is 0.639. The van der Waals surface area contributed by atoms with Gasteiger partial charge in [0, 0.05) is 19.2 Å². The zero-order valence-electron chi connectivity index (χ0n) is 8.98. The summed E-state index contributed by atoms with van der Waals surface area (Å²) in [4.78, 5) is 8.62. The Labute approximate surface area is 89.1 Å². The van der Waals surface area contributed by atoms with Crippen molar-refractivity contribution < 1.29 is 0 Å². The highest BCUT2D eigenvalue weighted by molar-refractivity contribution is 5.74. The second-order valence-corrected chi connectivity index (χ2v) is 3.58. The molecule has 15 heavy (non-hydrogen) atoms. The number of hydrogen-bond donors (Lipinski definition) is 1. The summed E-state index contributed by atoms with van der Waals surface area (Å²) in [6, 6.07) is 2.01. The molecule has 0 aliphatic heterocycles. The molecule has 2 aromatic rings. The predicted octanol–water partition coefficient (Wildman–Crippen LogP) is 1.34. The molecule has 80 valence electrons. The van der Waals surface area contributed by atoms with E-state index >= 15 is 0 Å². The largest absolute Gasteiger partial charge is 0.330 e. The van der Waals surface area contributed by atoms with E-state index in [1.165, 1.54) is 0 Å². The molecule has 0 fully saturated rings. The minimum absolute atomic E-state index is 0.639. The van der Waals surface area contributed by atoms with E-state index in [4.69, 9.17) is 5.73 Å². The quantitative estimate of drug-likeness (QED) is 0.817. The summed E-state index contributed by atoms with van der Waals surface area (Å²) in [6.07, 6.45) is 5.55. The summed E-state index contributed by atoms with van der Waals surface area (Å²) < 4.78 is 2.24. The van der Waals surface area contributed by atoms with Crippen molar-refractivity contribution in [3.05, 3.63) is 24.3 Å². The second kappa shape index (κ2) is 4.40. The van der Waals surface area contributed by atoms with Gasteiger partial charge in [-0.25, -0.2) is 4.98 Å². The Kier molecular flexibility index (Phi) is 2.97. The number of aryl methyl sites for hydroxylation is 1. The highest BCUT2D eigenvalue weighted by Crippen LogP contribution is 2.15. The fourth-order valence-corrected chi connectivity index (χ4v) is 1.82. The molecule has 4 heteroatoms. The highest BCUT2D eigenvalue weighted by atomic mass is 15.1. The Morgan fingerprint density at radius 3 is 3.07 bits per heavy atom. The van der Waals surface area contributed by atoms with E-state index in [0.717, 1.165) is 36.2 Å². The van der Waals surface area contributed by atoms with Crippen LogP contribution in [-0.2, 0) is 13.0 Å². The molecular weight excluding hydrogens is 188 g/mol. The molecule has 2 N–H and O–H groups in total. The van der Waals surface area contributed by atoms with E-state index in [-0.39, 0.29) is 0 Å². The van der Waals surface area contributed by atoms with Crippen LogP contribution in [0, 0.1) is 0 Å². The molecule has 0 aliphatic rings. The molecule has 0 atom stereocenters. The average Bonchev–Trinajstić information content (AvgIpc) is 2.59. The second-order valence-electron chi connectivity index (χ2n) is 3.58. The molecule has 0 saturated carbocycles. The van der Waals surface area contributed by atoms with Crippen molar-refractivity contribution in [1.29, 1.82) is 0 Å². The number of aromatic nitrogens is 3. The maximum absolute atomic E-state index is 5.58. The lowest BCUT2D eigenvalue weighted by Gasteiger charge is -2.05. The van der Waals surface area contributed by atoms with Gasteiger partial charge in [-0.05, 0) is 19.0 Å². The normalized spacial score (nSPS) is 11.1. The molecule has 0 radical (unpaired) electrons. The van der Waals surface area contributed by atoms with E-state index in [2.05, 4.69) is 21.5 Å². The van der Waals surface area contributed by atoms with Crippen LogP contribution in [0.1, 0.15) is 19.2 Å². The average molecular weight is 204 g/mol. The van der Waals surface area contributed by atoms with E-state index in [0.29, 0.717) is 6.54 Å². The van der Waals surface area contributed by atoms with Gasteiger partial charge < -0.3 is 10.3 Å². The van der Waals surface area contributed by atoms with Gasteiger partial charge in [0.1, 0.15) is 11.3 Å². The van der Waals surface area contributed by atoms with Crippen LogP contribution < -0.4 is 5.73 Å². The number of fused-ring (bicyclic) bond motifs is 1. The third-order valence-corrected chi connectivity index (χ3v) is 2.44. The standard InChI is InChI=1S/C11H16N4/c1-2-7-15-10-4-6-13-8-9(10)14-11(15)3-5-12/h4,6,8H,2-3,5,7,12H2,1H3. The van der Waals surface area contributed by atoms with Gasteiger partial charge in [-0.3, -0.25) is 4.98 Å².